The zero-order chi connectivity index (χ0) is 14.5. The maximum Gasteiger partial charge on any atom is 0.0825 e. The van der Waals surface area contributed by atoms with Crippen molar-refractivity contribution in [2.75, 3.05) is 13.7 Å². The summed E-state index contributed by atoms with van der Waals surface area (Å²) in [5.74, 6) is 0. The molecule has 1 N–H and O–H groups in total. The van der Waals surface area contributed by atoms with Gasteiger partial charge in [-0.05, 0) is 30.4 Å². The zero-order valence-electron chi connectivity index (χ0n) is 12.6. The van der Waals surface area contributed by atoms with E-state index in [1.165, 1.54) is 29.7 Å². The molecule has 0 amide bonds. The summed E-state index contributed by atoms with van der Waals surface area (Å²) < 4.78 is 7.16. The van der Waals surface area contributed by atoms with Gasteiger partial charge < -0.3 is 10.1 Å². The van der Waals surface area contributed by atoms with Gasteiger partial charge in [-0.2, -0.15) is 5.10 Å². The minimum Gasteiger partial charge on any atom is -0.383 e. The molecule has 0 aliphatic heterocycles. The lowest BCUT2D eigenvalue weighted by Gasteiger charge is -2.22. The molecule has 4 heteroatoms. The standard InChI is InChI=1S/C17H23N3O/c1-21-11-10-20-13-15-8-5-9-16(17(15)19-20)18-12-14-6-3-2-4-7-14/h2-4,6-7,13,16,18H,5,8-12H2,1H3/t16-/m0/s1. The van der Waals surface area contributed by atoms with Crippen molar-refractivity contribution in [3.8, 4) is 0 Å². The topological polar surface area (TPSA) is 39.1 Å². The van der Waals surface area contributed by atoms with Crippen LogP contribution in [0.1, 0.15) is 35.7 Å². The number of nitrogens with zero attached hydrogens (tertiary/aromatic N) is 2. The molecule has 0 spiro atoms. The number of fused-ring (bicyclic) bond motifs is 1. The lowest BCUT2D eigenvalue weighted by Crippen LogP contribution is -2.25. The summed E-state index contributed by atoms with van der Waals surface area (Å²) >= 11 is 0. The maximum absolute atomic E-state index is 5.13. The van der Waals surface area contributed by atoms with Gasteiger partial charge in [0, 0.05) is 19.9 Å². The van der Waals surface area contributed by atoms with Crippen LogP contribution in [0.3, 0.4) is 0 Å². The van der Waals surface area contributed by atoms with Crippen LogP contribution in [-0.2, 0) is 24.2 Å². The van der Waals surface area contributed by atoms with Gasteiger partial charge in [0.15, 0.2) is 0 Å². The molecule has 112 valence electrons. The Balaban J connectivity index is 1.66. The van der Waals surface area contributed by atoms with Crippen LogP contribution in [0.2, 0.25) is 0 Å². The largest absolute Gasteiger partial charge is 0.383 e. The number of hydrogen-bond acceptors (Lipinski definition) is 3. The molecule has 1 aromatic carbocycles. The number of nitrogens with one attached hydrogen (secondary N) is 1. The lowest BCUT2D eigenvalue weighted by molar-refractivity contribution is 0.183. The summed E-state index contributed by atoms with van der Waals surface area (Å²) in [5.41, 5.74) is 3.94. The molecule has 21 heavy (non-hydrogen) atoms. The van der Waals surface area contributed by atoms with Crippen molar-refractivity contribution < 1.29 is 4.74 Å². The van der Waals surface area contributed by atoms with E-state index >= 15 is 0 Å². The van der Waals surface area contributed by atoms with Crippen LogP contribution in [0, 0.1) is 0 Å². The third-order valence-electron chi connectivity index (χ3n) is 4.06. The summed E-state index contributed by atoms with van der Waals surface area (Å²) in [6.07, 6.45) is 5.73. The van der Waals surface area contributed by atoms with Gasteiger partial charge in [-0.1, -0.05) is 30.3 Å². The van der Waals surface area contributed by atoms with Crippen LogP contribution in [0.4, 0.5) is 0 Å². The van der Waals surface area contributed by atoms with Crippen LogP contribution in [0.15, 0.2) is 36.5 Å². The highest BCUT2D eigenvalue weighted by atomic mass is 16.5. The number of ether oxygens (including phenoxy) is 1. The molecule has 0 radical (unpaired) electrons. The van der Waals surface area contributed by atoms with Crippen LogP contribution < -0.4 is 5.32 Å². The first-order valence-corrected chi connectivity index (χ1v) is 7.69. The van der Waals surface area contributed by atoms with Crippen LogP contribution >= 0.6 is 0 Å². The van der Waals surface area contributed by atoms with Crippen molar-refractivity contribution in [1.82, 2.24) is 15.1 Å². The Bertz CT molecular complexity index is 565. The molecule has 3 rings (SSSR count). The van der Waals surface area contributed by atoms with Crippen molar-refractivity contribution in [3.63, 3.8) is 0 Å². The predicted molar refractivity (Wildman–Crippen MR) is 83.1 cm³/mol. The average molecular weight is 285 g/mol. The molecule has 1 aliphatic rings. The second-order valence-corrected chi connectivity index (χ2v) is 5.61. The third kappa shape index (κ3) is 3.52. The van der Waals surface area contributed by atoms with Crippen molar-refractivity contribution in [1.29, 1.82) is 0 Å². The summed E-state index contributed by atoms with van der Waals surface area (Å²) in [5, 5.41) is 8.41. The fourth-order valence-electron chi connectivity index (χ4n) is 2.93. The summed E-state index contributed by atoms with van der Waals surface area (Å²) in [7, 11) is 1.73. The monoisotopic (exact) mass is 285 g/mol. The summed E-state index contributed by atoms with van der Waals surface area (Å²) in [4.78, 5) is 0. The fourth-order valence-corrected chi connectivity index (χ4v) is 2.93. The minimum absolute atomic E-state index is 0.373. The average Bonchev–Trinajstić information content (AvgIpc) is 2.95. The zero-order valence-corrected chi connectivity index (χ0v) is 12.6. The SMILES string of the molecule is COCCn1cc2c(n1)[C@@H](NCc1ccccc1)CCC2. The summed E-state index contributed by atoms with van der Waals surface area (Å²) in [6, 6.07) is 10.9. The third-order valence-corrected chi connectivity index (χ3v) is 4.06. The molecule has 4 nitrogen and oxygen atoms in total. The fraction of sp³-hybridized carbons (Fsp3) is 0.471. The van der Waals surface area contributed by atoms with E-state index in [9.17, 15) is 0 Å². The lowest BCUT2D eigenvalue weighted by atomic mass is 9.93. The van der Waals surface area contributed by atoms with Crippen molar-refractivity contribution in [2.24, 2.45) is 0 Å². The molecule has 0 saturated carbocycles. The number of hydrogen-bond donors (Lipinski definition) is 1. The van der Waals surface area contributed by atoms with Crippen molar-refractivity contribution in [2.45, 2.75) is 38.4 Å². The Morgan fingerprint density at radius 2 is 2.19 bits per heavy atom. The van der Waals surface area contributed by atoms with Gasteiger partial charge in [-0.25, -0.2) is 0 Å². The van der Waals surface area contributed by atoms with Gasteiger partial charge in [0.1, 0.15) is 0 Å². The molecule has 0 unspecified atom stereocenters. The normalized spacial score (nSPS) is 17.7. The smallest absolute Gasteiger partial charge is 0.0825 e. The Morgan fingerprint density at radius 1 is 1.33 bits per heavy atom. The number of methoxy groups -OCH3 is 1. The molecular formula is C17H23N3O. The second-order valence-electron chi connectivity index (χ2n) is 5.61. The molecule has 0 saturated heterocycles. The van der Waals surface area contributed by atoms with Crippen LogP contribution in [0.5, 0.6) is 0 Å². The number of benzene rings is 1. The highest BCUT2D eigenvalue weighted by molar-refractivity contribution is 5.24. The first-order chi connectivity index (χ1) is 10.4. The van der Waals surface area contributed by atoms with Crippen molar-refractivity contribution in [3.05, 3.63) is 53.3 Å². The molecule has 1 aromatic heterocycles. The van der Waals surface area contributed by atoms with E-state index in [1.807, 2.05) is 4.68 Å². The van der Waals surface area contributed by atoms with Gasteiger partial charge in [-0.15, -0.1) is 0 Å². The first kappa shape index (κ1) is 14.3. The van der Waals surface area contributed by atoms with Crippen molar-refractivity contribution >= 4 is 0 Å². The van der Waals surface area contributed by atoms with Crippen LogP contribution in [-0.4, -0.2) is 23.5 Å². The highest BCUT2D eigenvalue weighted by Crippen LogP contribution is 2.28. The highest BCUT2D eigenvalue weighted by Gasteiger charge is 2.23. The molecule has 1 aliphatic carbocycles. The molecule has 2 aromatic rings. The Morgan fingerprint density at radius 3 is 3.00 bits per heavy atom. The van der Waals surface area contributed by atoms with E-state index in [0.717, 1.165) is 19.5 Å². The predicted octanol–water partition coefficient (Wildman–Crippen LogP) is 2.70. The van der Waals surface area contributed by atoms with Gasteiger partial charge >= 0.3 is 0 Å². The minimum atomic E-state index is 0.373. The molecule has 1 heterocycles. The number of aryl methyl sites for hydroxylation is 1. The number of rotatable bonds is 6. The molecule has 1 atom stereocenters. The van der Waals surface area contributed by atoms with E-state index < -0.39 is 0 Å². The van der Waals surface area contributed by atoms with Gasteiger partial charge in [0.2, 0.25) is 0 Å². The first-order valence-electron chi connectivity index (χ1n) is 7.69. The van der Waals surface area contributed by atoms with Gasteiger partial charge in [0.25, 0.3) is 0 Å². The van der Waals surface area contributed by atoms with Crippen LogP contribution in [0.25, 0.3) is 0 Å². The van der Waals surface area contributed by atoms with E-state index in [0.29, 0.717) is 12.6 Å². The van der Waals surface area contributed by atoms with E-state index in [1.54, 1.807) is 7.11 Å². The molecule has 0 fully saturated rings. The van der Waals surface area contributed by atoms with E-state index in [-0.39, 0.29) is 0 Å². The van der Waals surface area contributed by atoms with Gasteiger partial charge in [0.05, 0.1) is 24.9 Å². The van der Waals surface area contributed by atoms with E-state index in [4.69, 9.17) is 9.84 Å². The quantitative estimate of drug-likeness (QED) is 0.887. The molecular weight excluding hydrogens is 262 g/mol. The maximum atomic E-state index is 5.13. The Hall–Kier alpha value is -1.65. The number of aromatic nitrogens is 2. The Kier molecular flexibility index (Phi) is 4.68. The Labute approximate surface area is 126 Å². The van der Waals surface area contributed by atoms with Gasteiger partial charge in [-0.3, -0.25) is 4.68 Å². The molecule has 0 bridgehead atoms. The second kappa shape index (κ2) is 6.87. The summed E-state index contributed by atoms with van der Waals surface area (Å²) in [6.45, 7) is 2.44. The van der Waals surface area contributed by atoms with E-state index in [2.05, 4.69) is 41.8 Å².